The largest absolute Gasteiger partial charge is 0.450 e. The second-order valence-electron chi connectivity index (χ2n) is 3.13. The van der Waals surface area contributed by atoms with Crippen LogP contribution in [0.25, 0.3) is 0 Å². The first-order valence-electron chi connectivity index (χ1n) is 4.77. The third kappa shape index (κ3) is 3.06. The number of nitrogens with one attached hydrogen (secondary N) is 1. The minimum absolute atomic E-state index is 0.0255. The number of rotatable bonds is 2. The quantitative estimate of drug-likeness (QED) is 0.359. The van der Waals surface area contributed by atoms with E-state index in [1.54, 1.807) is 13.8 Å². The van der Waals surface area contributed by atoms with Crippen molar-refractivity contribution in [1.82, 2.24) is 5.32 Å². The number of carbonyl (C=O) groups is 2. The Bertz CT molecular complexity index is 440. The van der Waals surface area contributed by atoms with Crippen molar-refractivity contribution in [1.29, 1.82) is 0 Å². The molecule has 1 amide bonds. The van der Waals surface area contributed by atoms with Crippen molar-refractivity contribution in [3.63, 3.8) is 0 Å². The zero-order valence-electron chi connectivity index (χ0n) is 9.20. The van der Waals surface area contributed by atoms with Gasteiger partial charge in [0.1, 0.15) is 5.57 Å². The molecule has 0 saturated carbocycles. The van der Waals surface area contributed by atoms with Crippen molar-refractivity contribution in [2.45, 2.75) is 19.2 Å². The fourth-order valence-corrected chi connectivity index (χ4v) is 1.65. The van der Waals surface area contributed by atoms with Gasteiger partial charge >= 0.3 is 12.1 Å². The first kappa shape index (κ1) is 13.7. The highest BCUT2D eigenvalue weighted by Crippen LogP contribution is 2.26. The highest BCUT2D eigenvalue weighted by molar-refractivity contribution is 7.78. The lowest BCUT2D eigenvalue weighted by molar-refractivity contribution is -0.136. The van der Waals surface area contributed by atoms with E-state index in [-0.39, 0.29) is 18.1 Å². The number of halogens is 1. The van der Waals surface area contributed by atoms with Crippen LogP contribution in [0.15, 0.2) is 17.0 Å². The number of carbonyl (C=O) groups excluding carboxylic acids is 2. The van der Waals surface area contributed by atoms with Crippen molar-refractivity contribution in [3.8, 4) is 0 Å². The summed E-state index contributed by atoms with van der Waals surface area (Å²) in [6.07, 6.45) is -0.715. The summed E-state index contributed by atoms with van der Waals surface area (Å²) in [7, 11) is 0. The highest BCUT2D eigenvalue weighted by Gasteiger charge is 2.32. The smallest absolute Gasteiger partial charge is 0.413 e. The fourth-order valence-electron chi connectivity index (χ4n) is 1.14. The van der Waals surface area contributed by atoms with Crippen molar-refractivity contribution in [3.05, 3.63) is 17.0 Å². The number of hydrogen-bond donors (Lipinski definition) is 1. The van der Waals surface area contributed by atoms with Gasteiger partial charge in [0.15, 0.2) is 0 Å². The van der Waals surface area contributed by atoms with E-state index in [9.17, 15) is 9.59 Å². The van der Waals surface area contributed by atoms with Gasteiger partial charge in [-0.3, -0.25) is 5.32 Å². The maximum absolute atomic E-state index is 11.4. The van der Waals surface area contributed by atoms with Gasteiger partial charge in [0, 0.05) is 5.57 Å². The molecule has 0 aromatic rings. The van der Waals surface area contributed by atoms with Gasteiger partial charge in [-0.1, -0.05) is 0 Å². The Labute approximate surface area is 108 Å². The molecule has 0 aliphatic carbocycles. The van der Waals surface area contributed by atoms with Crippen LogP contribution >= 0.6 is 23.8 Å². The predicted octanol–water partition coefficient (Wildman–Crippen LogP) is 1.65. The molecule has 0 aromatic heterocycles. The van der Waals surface area contributed by atoms with Crippen molar-refractivity contribution in [2.24, 2.45) is 0 Å². The Balaban J connectivity index is 2.93. The molecule has 0 saturated heterocycles. The van der Waals surface area contributed by atoms with Crippen LogP contribution in [0.2, 0.25) is 0 Å². The van der Waals surface area contributed by atoms with E-state index in [1.807, 2.05) is 0 Å². The Morgan fingerprint density at radius 2 is 2.35 bits per heavy atom. The molecule has 7 heteroatoms. The molecule has 1 atom stereocenters. The van der Waals surface area contributed by atoms with Crippen LogP contribution in [0.5, 0.6) is 0 Å². The van der Waals surface area contributed by atoms with E-state index in [0.29, 0.717) is 5.57 Å². The summed E-state index contributed by atoms with van der Waals surface area (Å²) in [4.78, 5) is 22.6. The van der Waals surface area contributed by atoms with Crippen LogP contribution in [0.1, 0.15) is 13.8 Å². The topological polar surface area (TPSA) is 64.6 Å². The van der Waals surface area contributed by atoms with E-state index in [2.05, 4.69) is 27.3 Å². The zero-order valence-corrected chi connectivity index (χ0v) is 10.8. The molecule has 1 aliphatic heterocycles. The van der Waals surface area contributed by atoms with E-state index < -0.39 is 17.4 Å². The van der Waals surface area contributed by atoms with Gasteiger partial charge in [0.05, 0.1) is 12.0 Å². The Morgan fingerprint density at radius 3 is 2.88 bits per heavy atom. The molecular formula is C10H10ClNO4S. The van der Waals surface area contributed by atoms with Gasteiger partial charge in [-0.05, 0) is 31.1 Å². The first-order valence-corrected chi connectivity index (χ1v) is 5.61. The number of hydrogen-bond acceptors (Lipinski definition) is 5. The average molecular weight is 276 g/mol. The van der Waals surface area contributed by atoms with Crippen molar-refractivity contribution in [2.75, 3.05) is 6.61 Å². The molecule has 92 valence electrons. The van der Waals surface area contributed by atoms with E-state index in [1.165, 1.54) is 0 Å². The molecule has 5 nitrogen and oxygen atoms in total. The van der Waals surface area contributed by atoms with Crippen LogP contribution in [-0.4, -0.2) is 29.1 Å². The van der Waals surface area contributed by atoms with Gasteiger partial charge < -0.3 is 9.47 Å². The van der Waals surface area contributed by atoms with Gasteiger partial charge in [0.25, 0.3) is 0 Å². The molecular weight excluding hydrogens is 266 g/mol. The van der Waals surface area contributed by atoms with Crippen molar-refractivity contribution < 1.29 is 19.1 Å². The van der Waals surface area contributed by atoms with Gasteiger partial charge in [0.2, 0.25) is 5.88 Å². The monoisotopic (exact) mass is 275 g/mol. The molecule has 17 heavy (non-hydrogen) atoms. The van der Waals surface area contributed by atoms with Crippen LogP contribution in [0, 0.1) is 0 Å². The molecule has 0 fully saturated rings. The molecule has 0 spiro atoms. The van der Waals surface area contributed by atoms with Crippen LogP contribution in [0.4, 0.5) is 4.79 Å². The normalized spacial score (nSPS) is 19.6. The number of ether oxygens (including phenoxy) is 2. The average Bonchev–Trinajstić information content (AvgIpc) is 2.26. The summed E-state index contributed by atoms with van der Waals surface area (Å²) in [6, 6.07) is 0. The summed E-state index contributed by atoms with van der Waals surface area (Å²) in [5.41, 5.74) is 0.514. The molecule has 0 radical (unpaired) electrons. The Hall–Kier alpha value is -1.36. The van der Waals surface area contributed by atoms with E-state index in [4.69, 9.17) is 16.3 Å². The van der Waals surface area contributed by atoms with Crippen LogP contribution in [-0.2, 0) is 14.3 Å². The minimum Gasteiger partial charge on any atom is -0.450 e. The number of cyclic esters (lactones) is 1. The summed E-state index contributed by atoms with van der Waals surface area (Å²) in [5, 5.41) is 3.78. The second kappa shape index (κ2) is 5.82. The highest BCUT2D eigenvalue weighted by atomic mass is 35.5. The van der Waals surface area contributed by atoms with Crippen molar-refractivity contribution >= 4 is 40.9 Å². The molecule has 1 aliphatic rings. The first-order chi connectivity index (χ1) is 8.01. The lowest BCUT2D eigenvalue weighted by Gasteiger charge is -2.22. The molecule has 1 N–H and O–H groups in total. The second-order valence-corrected chi connectivity index (χ2v) is 3.77. The predicted molar refractivity (Wildman–Crippen MR) is 64.7 cm³/mol. The summed E-state index contributed by atoms with van der Waals surface area (Å²) in [5.74, 6) is -0.750. The van der Waals surface area contributed by atoms with Gasteiger partial charge in [-0.25, -0.2) is 9.59 Å². The lowest BCUT2D eigenvalue weighted by Crippen LogP contribution is -2.34. The van der Waals surface area contributed by atoms with Crippen LogP contribution < -0.4 is 5.32 Å². The number of alkyl halides is 1. The maximum Gasteiger partial charge on any atom is 0.413 e. The third-order valence-corrected chi connectivity index (χ3v) is 2.77. The molecule has 1 unspecified atom stereocenters. The third-order valence-electron chi connectivity index (χ3n) is 2.01. The number of thiocarbonyl (C=S) groups is 1. The van der Waals surface area contributed by atoms with Gasteiger partial charge in [-0.15, -0.1) is 11.6 Å². The number of amides is 1. The fraction of sp³-hybridized carbons (Fsp3) is 0.400. The Morgan fingerprint density at radius 1 is 1.71 bits per heavy atom. The standard InChI is InChI=1S/C10H10ClNO4S/c1-3-15-10(14)12-8-5(2)7(11)6(4-17)9(13)16-8/h7H,3H2,1-2H3,(H,12,14). The Kier molecular flexibility index (Phi) is 4.69. The summed E-state index contributed by atoms with van der Waals surface area (Å²) < 4.78 is 9.52. The SMILES string of the molecule is CCOC(=O)NC1=C(C)C(Cl)C(=C=S)C(=O)O1. The number of allylic oxidation sites excluding steroid dienone is 1. The zero-order chi connectivity index (χ0) is 13.0. The maximum atomic E-state index is 11.4. The number of alkyl carbamates (subject to hydrolysis) is 1. The molecule has 0 bridgehead atoms. The lowest BCUT2D eigenvalue weighted by atomic mass is 10.1. The van der Waals surface area contributed by atoms with Gasteiger partial charge in [-0.2, -0.15) is 0 Å². The number of esters is 1. The molecule has 1 heterocycles. The van der Waals surface area contributed by atoms with Crippen LogP contribution in [0.3, 0.4) is 0 Å². The molecule has 1 rings (SSSR count). The van der Waals surface area contributed by atoms with E-state index in [0.717, 1.165) is 0 Å². The summed E-state index contributed by atoms with van der Waals surface area (Å²) >= 11 is 10.5. The minimum atomic E-state index is -0.759. The molecule has 0 aromatic carbocycles. The summed E-state index contributed by atoms with van der Waals surface area (Å²) in [6.45, 7) is 3.48. The van der Waals surface area contributed by atoms with E-state index >= 15 is 0 Å².